The molecule has 2 fully saturated rings. The SMILES string of the molecule is COc1ccccc1[C@@]1(CC(=O)N2CCN(Cc3ccc4c(c3)OCO4)CC2)CC(=O)N(C)C1=O. The summed E-state index contributed by atoms with van der Waals surface area (Å²) in [5.74, 6) is 1.25. The molecule has 0 bridgehead atoms. The van der Waals surface area contributed by atoms with Crippen LogP contribution in [0.15, 0.2) is 42.5 Å². The summed E-state index contributed by atoms with van der Waals surface area (Å²) in [4.78, 5) is 44.5. The first kappa shape index (κ1) is 23.2. The van der Waals surface area contributed by atoms with E-state index in [0.29, 0.717) is 37.5 Å². The van der Waals surface area contributed by atoms with Crippen molar-refractivity contribution in [3.8, 4) is 17.2 Å². The Morgan fingerprint density at radius 2 is 1.77 bits per heavy atom. The third-order valence-electron chi connectivity index (χ3n) is 7.18. The van der Waals surface area contributed by atoms with Crippen molar-refractivity contribution in [1.82, 2.24) is 14.7 Å². The molecule has 2 saturated heterocycles. The van der Waals surface area contributed by atoms with E-state index < -0.39 is 5.41 Å². The minimum Gasteiger partial charge on any atom is -0.496 e. The van der Waals surface area contributed by atoms with Gasteiger partial charge in [-0.25, -0.2) is 0 Å². The van der Waals surface area contributed by atoms with Crippen LogP contribution in [0.1, 0.15) is 24.0 Å². The van der Waals surface area contributed by atoms with Gasteiger partial charge >= 0.3 is 0 Å². The van der Waals surface area contributed by atoms with Crippen LogP contribution in [0.4, 0.5) is 0 Å². The number of imide groups is 1. The Morgan fingerprint density at radius 1 is 1.03 bits per heavy atom. The van der Waals surface area contributed by atoms with E-state index in [9.17, 15) is 14.4 Å². The van der Waals surface area contributed by atoms with Crippen molar-refractivity contribution in [3.63, 3.8) is 0 Å². The Morgan fingerprint density at radius 3 is 2.49 bits per heavy atom. The van der Waals surface area contributed by atoms with E-state index in [4.69, 9.17) is 14.2 Å². The van der Waals surface area contributed by atoms with Crippen molar-refractivity contribution in [2.75, 3.05) is 47.1 Å². The molecule has 184 valence electrons. The van der Waals surface area contributed by atoms with E-state index in [1.54, 1.807) is 23.1 Å². The molecule has 35 heavy (non-hydrogen) atoms. The number of nitrogens with zero attached hydrogens (tertiary/aromatic N) is 3. The van der Waals surface area contributed by atoms with Crippen LogP contribution in [-0.4, -0.2) is 79.6 Å². The van der Waals surface area contributed by atoms with E-state index in [-0.39, 0.29) is 37.4 Å². The molecule has 3 heterocycles. The second kappa shape index (κ2) is 9.22. The van der Waals surface area contributed by atoms with Crippen LogP contribution >= 0.6 is 0 Å². The molecule has 0 unspecified atom stereocenters. The molecule has 9 heteroatoms. The molecule has 0 saturated carbocycles. The van der Waals surface area contributed by atoms with Crippen LogP contribution in [0.2, 0.25) is 0 Å². The minimum absolute atomic E-state index is 0.0431. The van der Waals surface area contributed by atoms with Crippen molar-refractivity contribution in [2.24, 2.45) is 0 Å². The quantitative estimate of drug-likeness (QED) is 0.584. The summed E-state index contributed by atoms with van der Waals surface area (Å²) in [6.07, 6.45) is -0.108. The number of rotatable bonds is 6. The van der Waals surface area contributed by atoms with Crippen LogP contribution in [0, 0.1) is 0 Å². The smallest absolute Gasteiger partial charge is 0.240 e. The molecular weight excluding hydrogens is 450 g/mol. The van der Waals surface area contributed by atoms with Gasteiger partial charge in [0.25, 0.3) is 0 Å². The van der Waals surface area contributed by atoms with Gasteiger partial charge in [0, 0.05) is 58.2 Å². The van der Waals surface area contributed by atoms with Gasteiger partial charge in [0.1, 0.15) is 5.75 Å². The lowest BCUT2D eigenvalue weighted by atomic mass is 9.75. The number of piperazine rings is 1. The maximum atomic E-state index is 13.4. The van der Waals surface area contributed by atoms with Gasteiger partial charge in [0.2, 0.25) is 24.5 Å². The number of likely N-dealkylation sites (N-methyl/N-ethyl adjacent to an activating group) is 1. The Labute approximate surface area is 204 Å². The number of benzene rings is 2. The topological polar surface area (TPSA) is 88.6 Å². The first-order valence-electron chi connectivity index (χ1n) is 11.7. The number of amides is 3. The molecule has 0 aliphatic carbocycles. The summed E-state index contributed by atoms with van der Waals surface area (Å²) in [6.45, 7) is 3.55. The molecule has 0 radical (unpaired) electrons. The zero-order valence-corrected chi connectivity index (χ0v) is 20.0. The first-order chi connectivity index (χ1) is 16.9. The fraction of sp³-hybridized carbons (Fsp3) is 0.423. The highest BCUT2D eigenvalue weighted by Gasteiger charge is 2.54. The van der Waals surface area contributed by atoms with E-state index in [1.807, 2.05) is 24.3 Å². The number of fused-ring (bicyclic) bond motifs is 1. The average Bonchev–Trinajstić information content (AvgIpc) is 3.43. The number of carbonyl (C=O) groups excluding carboxylic acids is 3. The molecule has 5 rings (SSSR count). The Balaban J connectivity index is 1.27. The molecule has 0 spiro atoms. The molecule has 2 aromatic carbocycles. The van der Waals surface area contributed by atoms with E-state index in [2.05, 4.69) is 4.90 Å². The molecule has 3 amide bonds. The van der Waals surface area contributed by atoms with Gasteiger partial charge in [-0.15, -0.1) is 0 Å². The molecule has 1 atom stereocenters. The predicted molar refractivity (Wildman–Crippen MR) is 126 cm³/mol. The molecule has 3 aliphatic heterocycles. The van der Waals surface area contributed by atoms with Gasteiger partial charge in [-0.1, -0.05) is 24.3 Å². The fourth-order valence-corrected chi connectivity index (χ4v) is 5.19. The number of likely N-dealkylation sites (tertiary alicyclic amines) is 1. The Kier molecular flexibility index (Phi) is 6.10. The summed E-state index contributed by atoms with van der Waals surface area (Å²) < 4.78 is 16.3. The number of hydrogen-bond donors (Lipinski definition) is 0. The summed E-state index contributed by atoms with van der Waals surface area (Å²) in [6, 6.07) is 13.1. The van der Waals surface area contributed by atoms with E-state index in [0.717, 1.165) is 28.5 Å². The van der Waals surface area contributed by atoms with Gasteiger partial charge < -0.3 is 19.1 Å². The van der Waals surface area contributed by atoms with Gasteiger partial charge in [0.05, 0.1) is 12.5 Å². The summed E-state index contributed by atoms with van der Waals surface area (Å²) in [7, 11) is 3.00. The molecular formula is C26H29N3O6. The largest absolute Gasteiger partial charge is 0.496 e. The number of carbonyl (C=O) groups is 3. The summed E-state index contributed by atoms with van der Waals surface area (Å²) in [5, 5.41) is 0. The zero-order chi connectivity index (χ0) is 24.6. The third-order valence-corrected chi connectivity index (χ3v) is 7.18. The molecule has 9 nitrogen and oxygen atoms in total. The van der Waals surface area contributed by atoms with Crippen molar-refractivity contribution in [3.05, 3.63) is 53.6 Å². The summed E-state index contributed by atoms with van der Waals surface area (Å²) >= 11 is 0. The molecule has 2 aromatic rings. The van der Waals surface area contributed by atoms with E-state index in [1.165, 1.54) is 14.2 Å². The van der Waals surface area contributed by atoms with E-state index >= 15 is 0 Å². The van der Waals surface area contributed by atoms with Crippen LogP contribution in [0.25, 0.3) is 0 Å². The van der Waals surface area contributed by atoms with Gasteiger partial charge in [0.15, 0.2) is 11.5 Å². The van der Waals surface area contributed by atoms with Crippen molar-refractivity contribution in [1.29, 1.82) is 0 Å². The molecule has 0 N–H and O–H groups in total. The lowest BCUT2D eigenvalue weighted by Gasteiger charge is -2.37. The second-order valence-corrected chi connectivity index (χ2v) is 9.24. The van der Waals surface area contributed by atoms with Crippen LogP contribution in [0.3, 0.4) is 0 Å². The van der Waals surface area contributed by atoms with Gasteiger partial charge in [-0.05, 0) is 23.8 Å². The normalized spacial score (nSPS) is 22.1. The first-order valence-corrected chi connectivity index (χ1v) is 11.7. The summed E-state index contributed by atoms with van der Waals surface area (Å²) in [5.41, 5.74) is 0.460. The maximum absolute atomic E-state index is 13.4. The second-order valence-electron chi connectivity index (χ2n) is 9.24. The van der Waals surface area contributed by atoms with Crippen molar-refractivity contribution in [2.45, 2.75) is 24.8 Å². The fourth-order valence-electron chi connectivity index (χ4n) is 5.19. The highest BCUT2D eigenvalue weighted by molar-refractivity contribution is 6.10. The number of methoxy groups -OCH3 is 1. The minimum atomic E-state index is -1.25. The maximum Gasteiger partial charge on any atom is 0.240 e. The van der Waals surface area contributed by atoms with Crippen LogP contribution < -0.4 is 14.2 Å². The predicted octanol–water partition coefficient (Wildman–Crippen LogP) is 1.78. The zero-order valence-electron chi connectivity index (χ0n) is 20.0. The van der Waals surface area contributed by atoms with Crippen molar-refractivity contribution < 1.29 is 28.6 Å². The van der Waals surface area contributed by atoms with Gasteiger partial charge in [-0.3, -0.25) is 24.2 Å². The number of ether oxygens (including phenoxy) is 3. The van der Waals surface area contributed by atoms with Crippen LogP contribution in [-0.2, 0) is 26.3 Å². The van der Waals surface area contributed by atoms with Crippen LogP contribution in [0.5, 0.6) is 17.2 Å². The Bertz CT molecular complexity index is 1160. The standard InChI is InChI=1S/C26H29N3O6/c1-27-23(30)14-26(25(27)32,19-5-3-4-6-20(19)33-2)15-24(31)29-11-9-28(10-12-29)16-18-7-8-21-22(13-18)35-17-34-21/h3-8,13H,9-12,14-17H2,1-2H3/t26-/m0/s1. The lowest BCUT2D eigenvalue weighted by Crippen LogP contribution is -2.50. The van der Waals surface area contributed by atoms with Crippen molar-refractivity contribution >= 4 is 17.7 Å². The third kappa shape index (κ3) is 4.20. The average molecular weight is 480 g/mol. The van der Waals surface area contributed by atoms with Gasteiger partial charge in [-0.2, -0.15) is 0 Å². The Hall–Kier alpha value is -3.59. The monoisotopic (exact) mass is 479 g/mol. The lowest BCUT2D eigenvalue weighted by molar-refractivity contribution is -0.142. The highest BCUT2D eigenvalue weighted by Crippen LogP contribution is 2.43. The number of hydrogen-bond acceptors (Lipinski definition) is 7. The molecule has 3 aliphatic rings. The number of para-hydroxylation sites is 1. The molecule has 0 aromatic heterocycles. The highest BCUT2D eigenvalue weighted by atomic mass is 16.7.